The van der Waals surface area contributed by atoms with Crippen molar-refractivity contribution in [2.45, 2.75) is 4.90 Å². The molecule has 0 fully saturated rings. The molecule has 5 nitrogen and oxygen atoms in total. The van der Waals surface area contributed by atoms with Crippen molar-refractivity contribution in [2.75, 3.05) is 7.11 Å². The normalized spacial score (nSPS) is 17.2. The Kier molecular flexibility index (Phi) is 4.20. The van der Waals surface area contributed by atoms with Gasteiger partial charge in [0.1, 0.15) is 5.75 Å². The van der Waals surface area contributed by atoms with E-state index >= 15 is 0 Å². The van der Waals surface area contributed by atoms with E-state index in [4.69, 9.17) is 4.74 Å². The summed E-state index contributed by atoms with van der Waals surface area (Å²) in [5.41, 5.74) is 0.187. The third-order valence-electron chi connectivity index (χ3n) is 2.50. The summed E-state index contributed by atoms with van der Waals surface area (Å²) in [6.45, 7) is 0. The first kappa shape index (κ1) is 14.7. The molecule has 20 heavy (non-hydrogen) atoms. The van der Waals surface area contributed by atoms with E-state index in [-0.39, 0.29) is 20.9 Å². The van der Waals surface area contributed by atoms with E-state index in [0.29, 0.717) is 5.75 Å². The molecule has 1 aromatic carbocycles. The lowest BCUT2D eigenvalue weighted by Gasteiger charge is -2.04. The molecule has 0 aliphatic heterocycles. The third kappa shape index (κ3) is 3.23. The number of carbonyl (C=O) groups is 1. The van der Waals surface area contributed by atoms with Crippen molar-refractivity contribution in [1.82, 2.24) is 0 Å². The average molecular weight is 356 g/mol. The van der Waals surface area contributed by atoms with Crippen LogP contribution in [0.2, 0.25) is 0 Å². The molecule has 104 valence electrons. The lowest BCUT2D eigenvalue weighted by Crippen LogP contribution is -2.07. The Balaban J connectivity index is 2.36. The van der Waals surface area contributed by atoms with E-state index < -0.39 is 10.0 Å². The van der Waals surface area contributed by atoms with Gasteiger partial charge in [0.15, 0.2) is 5.78 Å². The number of methoxy groups -OCH3 is 1. The zero-order valence-electron chi connectivity index (χ0n) is 10.4. The number of nitrogens with zero attached hydrogens (tertiary/aromatic N) is 1. The number of carbonyl (C=O) groups excluding carboxylic acids is 1. The van der Waals surface area contributed by atoms with E-state index in [1.165, 1.54) is 37.5 Å². The second-order valence-corrected chi connectivity index (χ2v) is 6.32. The van der Waals surface area contributed by atoms with Crippen molar-refractivity contribution >= 4 is 37.4 Å². The molecule has 1 aromatic rings. The van der Waals surface area contributed by atoms with Gasteiger partial charge in [0.25, 0.3) is 10.0 Å². The van der Waals surface area contributed by atoms with Gasteiger partial charge in [-0.25, -0.2) is 0 Å². The zero-order valence-corrected chi connectivity index (χ0v) is 12.8. The van der Waals surface area contributed by atoms with Gasteiger partial charge in [0, 0.05) is 0 Å². The number of allylic oxidation sites excluding steroid dienone is 4. The zero-order chi connectivity index (χ0) is 14.8. The maximum Gasteiger partial charge on any atom is 0.282 e. The molecule has 0 N–H and O–H groups in total. The van der Waals surface area contributed by atoms with Crippen molar-refractivity contribution in [2.24, 2.45) is 4.40 Å². The van der Waals surface area contributed by atoms with Crippen LogP contribution < -0.4 is 4.74 Å². The Bertz CT molecular complexity index is 730. The summed E-state index contributed by atoms with van der Waals surface area (Å²) >= 11 is 3.04. The molecule has 0 heterocycles. The Labute approximate surface area is 124 Å². The van der Waals surface area contributed by atoms with E-state index in [0.717, 1.165) is 0 Å². The molecule has 0 saturated heterocycles. The number of sulfonamides is 1. The smallest absolute Gasteiger partial charge is 0.282 e. The van der Waals surface area contributed by atoms with E-state index in [2.05, 4.69) is 20.3 Å². The Morgan fingerprint density at radius 3 is 2.35 bits per heavy atom. The molecule has 0 aromatic heterocycles. The molecule has 0 saturated carbocycles. The van der Waals surface area contributed by atoms with Crippen molar-refractivity contribution in [3.8, 4) is 5.75 Å². The molecule has 0 unspecified atom stereocenters. The van der Waals surface area contributed by atoms with Crippen LogP contribution in [0.4, 0.5) is 0 Å². The number of benzene rings is 1. The van der Waals surface area contributed by atoms with Crippen molar-refractivity contribution in [1.29, 1.82) is 0 Å². The molecular formula is C13H10BrNO4S. The highest BCUT2D eigenvalue weighted by Crippen LogP contribution is 2.19. The number of rotatable bonds is 3. The number of hydrogen-bond acceptors (Lipinski definition) is 4. The van der Waals surface area contributed by atoms with Gasteiger partial charge in [0.2, 0.25) is 0 Å². The fraction of sp³-hybridized carbons (Fsp3) is 0.0769. The number of halogens is 1. The molecular weight excluding hydrogens is 346 g/mol. The predicted molar refractivity (Wildman–Crippen MR) is 78.8 cm³/mol. The van der Waals surface area contributed by atoms with E-state index in [1.54, 1.807) is 12.1 Å². The van der Waals surface area contributed by atoms with Crippen LogP contribution in [-0.2, 0) is 14.8 Å². The van der Waals surface area contributed by atoms with Crippen molar-refractivity contribution in [3.05, 3.63) is 47.0 Å². The third-order valence-corrected chi connectivity index (χ3v) is 4.44. The number of ketones is 1. The lowest BCUT2D eigenvalue weighted by atomic mass is 10.2. The van der Waals surface area contributed by atoms with Gasteiger partial charge >= 0.3 is 0 Å². The van der Waals surface area contributed by atoms with Crippen LogP contribution in [0, 0.1) is 0 Å². The van der Waals surface area contributed by atoms with Crippen LogP contribution in [0.1, 0.15) is 0 Å². The molecule has 0 atom stereocenters. The molecule has 1 aliphatic carbocycles. The van der Waals surface area contributed by atoms with Crippen LogP contribution in [0.3, 0.4) is 0 Å². The van der Waals surface area contributed by atoms with Crippen LogP contribution >= 0.6 is 15.9 Å². The van der Waals surface area contributed by atoms with Gasteiger partial charge < -0.3 is 4.74 Å². The van der Waals surface area contributed by atoms with Crippen molar-refractivity contribution < 1.29 is 17.9 Å². The van der Waals surface area contributed by atoms with Gasteiger partial charge in [-0.05, 0) is 58.4 Å². The Hall–Kier alpha value is -1.73. The van der Waals surface area contributed by atoms with Crippen LogP contribution in [0.15, 0.2) is 56.3 Å². The molecule has 1 aliphatic rings. The summed E-state index contributed by atoms with van der Waals surface area (Å²) in [4.78, 5) is 11.3. The quantitative estimate of drug-likeness (QED) is 0.779. The summed E-state index contributed by atoms with van der Waals surface area (Å²) in [5, 5.41) is 0. The van der Waals surface area contributed by atoms with Gasteiger partial charge in [-0.15, -0.1) is 0 Å². The average Bonchev–Trinajstić information content (AvgIpc) is 2.43. The first-order chi connectivity index (χ1) is 9.42. The highest BCUT2D eigenvalue weighted by Gasteiger charge is 2.15. The van der Waals surface area contributed by atoms with Gasteiger partial charge in [-0.3, -0.25) is 4.79 Å². The summed E-state index contributed by atoms with van der Waals surface area (Å²) in [5.74, 6) is 0.327. The second-order valence-electron chi connectivity index (χ2n) is 3.86. The first-order valence-corrected chi connectivity index (χ1v) is 7.74. The molecule has 0 radical (unpaired) electrons. The standard InChI is InChI=1S/C13H10BrNO4S/c1-19-10-3-5-11(6-4-10)20(17,18)15-9-2-7-13(16)12(14)8-9/h2-8H,1H3/b15-9+. The minimum Gasteiger partial charge on any atom is -0.497 e. The molecule has 0 spiro atoms. The van der Waals surface area contributed by atoms with Gasteiger partial charge in [-0.2, -0.15) is 12.8 Å². The maximum absolute atomic E-state index is 12.1. The topological polar surface area (TPSA) is 72.8 Å². The highest BCUT2D eigenvalue weighted by atomic mass is 79.9. The summed E-state index contributed by atoms with van der Waals surface area (Å²) in [6.07, 6.45) is 3.98. The second kappa shape index (κ2) is 5.72. The molecule has 0 bridgehead atoms. The number of hydrogen-bond donors (Lipinski definition) is 0. The summed E-state index contributed by atoms with van der Waals surface area (Å²) in [6, 6.07) is 5.90. The molecule has 7 heteroatoms. The van der Waals surface area contributed by atoms with Crippen molar-refractivity contribution in [3.63, 3.8) is 0 Å². The molecule has 0 amide bonds. The maximum atomic E-state index is 12.1. The summed E-state index contributed by atoms with van der Waals surface area (Å²) < 4.78 is 33.1. The fourth-order valence-electron chi connectivity index (χ4n) is 1.49. The Morgan fingerprint density at radius 2 is 1.80 bits per heavy atom. The SMILES string of the molecule is COc1ccc(S(=O)(=O)/N=C2\C=CC(=O)C(Br)=C2)cc1. The van der Waals surface area contributed by atoms with E-state index in [1.807, 2.05) is 0 Å². The van der Waals surface area contributed by atoms with Gasteiger partial charge in [-0.1, -0.05) is 0 Å². The lowest BCUT2D eigenvalue weighted by molar-refractivity contribution is -0.110. The number of ether oxygens (including phenoxy) is 1. The predicted octanol–water partition coefficient (Wildman–Crippen LogP) is 2.24. The first-order valence-electron chi connectivity index (χ1n) is 5.51. The minimum atomic E-state index is -3.82. The van der Waals surface area contributed by atoms with E-state index in [9.17, 15) is 13.2 Å². The van der Waals surface area contributed by atoms with Crippen LogP contribution in [0.25, 0.3) is 0 Å². The van der Waals surface area contributed by atoms with Crippen LogP contribution in [0.5, 0.6) is 5.75 Å². The Morgan fingerprint density at radius 1 is 1.15 bits per heavy atom. The highest BCUT2D eigenvalue weighted by molar-refractivity contribution is 9.12. The molecule has 2 rings (SSSR count). The largest absolute Gasteiger partial charge is 0.497 e. The fourth-order valence-corrected chi connectivity index (χ4v) is 2.83. The minimum absolute atomic E-state index is 0.0561. The van der Waals surface area contributed by atoms with Gasteiger partial charge in [0.05, 0.1) is 22.2 Å². The monoisotopic (exact) mass is 355 g/mol. The van der Waals surface area contributed by atoms with Crippen LogP contribution in [-0.4, -0.2) is 27.0 Å². The summed E-state index contributed by atoms with van der Waals surface area (Å²) in [7, 11) is -2.33.